The highest BCUT2D eigenvalue weighted by Gasteiger charge is 2.27. The predicted octanol–water partition coefficient (Wildman–Crippen LogP) is 4.26. The van der Waals surface area contributed by atoms with Crippen molar-refractivity contribution in [2.75, 3.05) is 0 Å². The van der Waals surface area contributed by atoms with E-state index in [1.807, 2.05) is 6.92 Å². The smallest absolute Gasteiger partial charge is 0.148 e. The van der Waals surface area contributed by atoms with E-state index >= 15 is 0 Å². The zero-order valence-corrected chi connectivity index (χ0v) is 11.9. The minimum atomic E-state index is 0.00358. The van der Waals surface area contributed by atoms with Gasteiger partial charge in [0.1, 0.15) is 12.0 Å². The first-order valence-electron chi connectivity index (χ1n) is 7.32. The third-order valence-corrected chi connectivity index (χ3v) is 4.06. The molecule has 1 aliphatic rings. The van der Waals surface area contributed by atoms with E-state index in [9.17, 15) is 0 Å². The van der Waals surface area contributed by atoms with Gasteiger partial charge in [-0.2, -0.15) is 0 Å². The Morgan fingerprint density at radius 2 is 1.62 bits per heavy atom. The molecule has 2 nitrogen and oxygen atoms in total. The van der Waals surface area contributed by atoms with Gasteiger partial charge < -0.3 is 4.74 Å². The lowest BCUT2D eigenvalue weighted by atomic mass is 9.91. The van der Waals surface area contributed by atoms with Crippen molar-refractivity contribution >= 4 is 10.8 Å². The van der Waals surface area contributed by atoms with Crippen molar-refractivity contribution in [1.29, 1.82) is 0 Å². The van der Waals surface area contributed by atoms with Crippen molar-refractivity contribution in [2.24, 2.45) is 0 Å². The van der Waals surface area contributed by atoms with Crippen LogP contribution in [0.15, 0.2) is 66.7 Å². The first kappa shape index (κ1) is 12.4. The fourth-order valence-corrected chi connectivity index (χ4v) is 3.13. The van der Waals surface area contributed by atoms with E-state index in [-0.39, 0.29) is 12.3 Å². The largest absolute Gasteiger partial charge is 0.475 e. The Labute approximate surface area is 124 Å². The molecule has 0 aliphatic carbocycles. The summed E-state index contributed by atoms with van der Waals surface area (Å²) < 4.78 is 5.98. The maximum atomic E-state index is 5.98. The molecular weight excluding hydrogens is 258 g/mol. The Balaban J connectivity index is 1.98. The van der Waals surface area contributed by atoms with Crippen molar-refractivity contribution < 1.29 is 4.74 Å². The number of fused-ring (bicyclic) bond motifs is 3. The fourth-order valence-electron chi connectivity index (χ4n) is 3.13. The maximum Gasteiger partial charge on any atom is 0.148 e. The number of hydrogen-bond donors (Lipinski definition) is 1. The van der Waals surface area contributed by atoms with Crippen molar-refractivity contribution in [1.82, 2.24) is 5.32 Å². The highest BCUT2D eigenvalue weighted by Crippen LogP contribution is 2.39. The van der Waals surface area contributed by atoms with Gasteiger partial charge in [-0.05, 0) is 29.3 Å². The molecule has 0 saturated carbocycles. The van der Waals surface area contributed by atoms with E-state index in [0.717, 1.165) is 5.75 Å². The van der Waals surface area contributed by atoms with Crippen LogP contribution in [-0.4, -0.2) is 6.23 Å². The molecule has 104 valence electrons. The second-order valence-electron chi connectivity index (χ2n) is 5.47. The summed E-state index contributed by atoms with van der Waals surface area (Å²) in [5, 5.41) is 6.06. The van der Waals surface area contributed by atoms with Gasteiger partial charge in [0.25, 0.3) is 0 Å². The Morgan fingerprint density at radius 1 is 0.857 bits per heavy atom. The molecule has 0 spiro atoms. The van der Waals surface area contributed by atoms with E-state index in [2.05, 4.69) is 72.0 Å². The van der Waals surface area contributed by atoms with Crippen molar-refractivity contribution in [3.8, 4) is 5.75 Å². The topological polar surface area (TPSA) is 21.3 Å². The van der Waals surface area contributed by atoms with Gasteiger partial charge in [0.05, 0.1) is 6.04 Å². The molecule has 2 heteroatoms. The number of nitrogens with one attached hydrogen (secondary N) is 1. The van der Waals surface area contributed by atoms with Crippen LogP contribution < -0.4 is 10.1 Å². The second kappa shape index (κ2) is 4.90. The molecule has 1 N–H and O–H groups in total. The minimum absolute atomic E-state index is 0.00358. The summed E-state index contributed by atoms with van der Waals surface area (Å²) in [7, 11) is 0. The number of rotatable bonds is 1. The highest BCUT2D eigenvalue weighted by atomic mass is 16.5. The van der Waals surface area contributed by atoms with E-state index < -0.39 is 0 Å². The van der Waals surface area contributed by atoms with Crippen molar-refractivity contribution in [3.05, 3.63) is 77.9 Å². The van der Waals surface area contributed by atoms with Crippen LogP contribution in [0.1, 0.15) is 24.1 Å². The molecule has 1 aliphatic heterocycles. The van der Waals surface area contributed by atoms with Gasteiger partial charge in [0.15, 0.2) is 0 Å². The SMILES string of the molecule is C[C@@H]1N[C@@H](c2ccccc2)c2c(ccc3ccccc23)O1. The molecule has 3 aromatic carbocycles. The van der Waals surface area contributed by atoms with Crippen molar-refractivity contribution in [3.63, 3.8) is 0 Å². The summed E-state index contributed by atoms with van der Waals surface area (Å²) in [6, 6.07) is 23.4. The molecule has 0 saturated heterocycles. The number of hydrogen-bond acceptors (Lipinski definition) is 2. The molecule has 0 bridgehead atoms. The lowest BCUT2D eigenvalue weighted by molar-refractivity contribution is 0.150. The van der Waals surface area contributed by atoms with Crippen LogP contribution in [0.3, 0.4) is 0 Å². The average Bonchev–Trinajstić information content (AvgIpc) is 2.54. The Bertz CT molecular complexity index is 782. The molecule has 3 aromatic rings. The minimum Gasteiger partial charge on any atom is -0.475 e. The fraction of sp³-hybridized carbons (Fsp3) is 0.158. The van der Waals surface area contributed by atoms with Crippen LogP contribution in [0.25, 0.3) is 10.8 Å². The summed E-state index contributed by atoms with van der Waals surface area (Å²) in [5.41, 5.74) is 2.50. The quantitative estimate of drug-likeness (QED) is 0.716. The summed E-state index contributed by atoms with van der Waals surface area (Å²) in [6.45, 7) is 2.05. The van der Waals surface area contributed by atoms with E-state index in [0.29, 0.717) is 0 Å². The maximum absolute atomic E-state index is 5.98. The molecule has 0 amide bonds. The molecular formula is C19H17NO. The van der Waals surface area contributed by atoms with Gasteiger partial charge >= 0.3 is 0 Å². The third kappa shape index (κ3) is 2.08. The molecule has 0 fully saturated rings. The van der Waals surface area contributed by atoms with Crippen LogP contribution >= 0.6 is 0 Å². The lowest BCUT2D eigenvalue weighted by Crippen LogP contribution is -2.39. The first-order valence-corrected chi connectivity index (χ1v) is 7.32. The molecule has 0 radical (unpaired) electrons. The zero-order valence-electron chi connectivity index (χ0n) is 11.9. The summed E-state index contributed by atoms with van der Waals surface area (Å²) in [6.07, 6.45) is 0.00358. The highest BCUT2D eigenvalue weighted by molar-refractivity contribution is 5.89. The Hall–Kier alpha value is -2.32. The van der Waals surface area contributed by atoms with Crippen LogP contribution in [-0.2, 0) is 0 Å². The van der Waals surface area contributed by atoms with Gasteiger partial charge in [-0.1, -0.05) is 60.7 Å². The number of ether oxygens (including phenoxy) is 1. The van der Waals surface area contributed by atoms with Gasteiger partial charge in [0.2, 0.25) is 0 Å². The van der Waals surface area contributed by atoms with Gasteiger partial charge in [-0.25, -0.2) is 0 Å². The predicted molar refractivity (Wildman–Crippen MR) is 85.5 cm³/mol. The van der Waals surface area contributed by atoms with Gasteiger partial charge in [-0.3, -0.25) is 5.32 Å². The summed E-state index contributed by atoms with van der Waals surface area (Å²) in [4.78, 5) is 0. The van der Waals surface area contributed by atoms with E-state index in [1.54, 1.807) is 0 Å². The van der Waals surface area contributed by atoms with E-state index in [4.69, 9.17) is 4.74 Å². The molecule has 4 rings (SSSR count). The van der Waals surface area contributed by atoms with Crippen LogP contribution in [0.5, 0.6) is 5.75 Å². The monoisotopic (exact) mass is 275 g/mol. The Kier molecular flexibility index (Phi) is 2.90. The van der Waals surface area contributed by atoms with Crippen LogP contribution in [0, 0.1) is 0 Å². The zero-order chi connectivity index (χ0) is 14.2. The van der Waals surface area contributed by atoms with Crippen LogP contribution in [0.4, 0.5) is 0 Å². The van der Waals surface area contributed by atoms with Gasteiger partial charge in [0, 0.05) is 5.56 Å². The standard InChI is InChI=1S/C19H17NO/c1-13-20-19(15-8-3-2-4-9-15)18-16-10-6-5-7-14(16)11-12-17(18)21-13/h2-13,19-20H,1H3/t13-,19+/m1/s1. The van der Waals surface area contributed by atoms with Crippen molar-refractivity contribution in [2.45, 2.75) is 19.2 Å². The molecule has 0 unspecified atom stereocenters. The molecule has 21 heavy (non-hydrogen) atoms. The Morgan fingerprint density at radius 3 is 2.48 bits per heavy atom. The van der Waals surface area contributed by atoms with Gasteiger partial charge in [-0.15, -0.1) is 0 Å². The van der Waals surface area contributed by atoms with E-state index in [1.165, 1.54) is 21.9 Å². The van der Waals surface area contributed by atoms with Crippen LogP contribution in [0.2, 0.25) is 0 Å². The first-order chi connectivity index (χ1) is 10.3. The molecule has 2 atom stereocenters. The molecule has 0 aromatic heterocycles. The third-order valence-electron chi connectivity index (χ3n) is 4.06. The summed E-state index contributed by atoms with van der Waals surface area (Å²) >= 11 is 0. The average molecular weight is 275 g/mol. The number of benzene rings is 3. The second-order valence-corrected chi connectivity index (χ2v) is 5.47. The lowest BCUT2D eigenvalue weighted by Gasteiger charge is -2.33. The normalized spacial score (nSPS) is 20.8. The summed E-state index contributed by atoms with van der Waals surface area (Å²) in [5.74, 6) is 0.980. The molecule has 1 heterocycles.